The molecule has 0 saturated heterocycles. The lowest BCUT2D eigenvalue weighted by molar-refractivity contribution is 0.166. The summed E-state index contributed by atoms with van der Waals surface area (Å²) in [4.78, 5) is 2.12. The van der Waals surface area contributed by atoms with Crippen LogP contribution >= 0.6 is 0 Å². The molecule has 0 bridgehead atoms. The molecule has 0 aromatic heterocycles. The molecule has 0 radical (unpaired) electrons. The van der Waals surface area contributed by atoms with Crippen LogP contribution in [0.2, 0.25) is 0 Å². The third kappa shape index (κ3) is 3.83. The van der Waals surface area contributed by atoms with Gasteiger partial charge in [0.1, 0.15) is 0 Å². The van der Waals surface area contributed by atoms with E-state index in [-0.39, 0.29) is 6.79 Å². The number of rotatable bonds is 6. The van der Waals surface area contributed by atoms with Gasteiger partial charge >= 0.3 is 0 Å². The lowest BCUT2D eigenvalue weighted by Crippen LogP contribution is -2.37. The number of aliphatic hydroxyl groups excluding tert-OH is 1. The summed E-state index contributed by atoms with van der Waals surface area (Å²) in [5.41, 5.74) is 0.841. The summed E-state index contributed by atoms with van der Waals surface area (Å²) in [6, 6.07) is 5.88. The first-order valence-electron chi connectivity index (χ1n) is 6.52. The van der Waals surface area contributed by atoms with Crippen LogP contribution in [0.1, 0.15) is 18.6 Å². The fraction of sp³-hybridized carbons (Fsp3) is 0.571. The standard InChI is InChI=1S/C14H22N2O3/c1-10(8-16(2)3)15-7-12(17)11-4-5-13-14(6-11)19-9-18-13/h4-6,10,12,15,17H,7-9H2,1-3H3. The highest BCUT2D eigenvalue weighted by atomic mass is 16.7. The molecule has 1 aromatic rings. The van der Waals surface area contributed by atoms with Crippen LogP contribution in [-0.2, 0) is 0 Å². The molecule has 1 aromatic carbocycles. The summed E-state index contributed by atoms with van der Waals surface area (Å²) >= 11 is 0. The van der Waals surface area contributed by atoms with Crippen molar-refractivity contribution in [3.05, 3.63) is 23.8 Å². The van der Waals surface area contributed by atoms with Crippen molar-refractivity contribution in [3.8, 4) is 11.5 Å². The second-order valence-corrected chi connectivity index (χ2v) is 5.20. The molecular formula is C14H22N2O3. The minimum absolute atomic E-state index is 0.257. The normalized spacial score (nSPS) is 16.7. The highest BCUT2D eigenvalue weighted by Gasteiger charge is 2.17. The fourth-order valence-electron chi connectivity index (χ4n) is 2.16. The number of hydrogen-bond acceptors (Lipinski definition) is 5. The molecule has 0 spiro atoms. The molecule has 2 rings (SSSR count). The Balaban J connectivity index is 1.87. The first-order chi connectivity index (χ1) is 9.06. The van der Waals surface area contributed by atoms with Gasteiger partial charge in [0.05, 0.1) is 6.10 Å². The summed E-state index contributed by atoms with van der Waals surface area (Å²) in [6.07, 6.45) is -0.542. The van der Waals surface area contributed by atoms with Crippen molar-refractivity contribution < 1.29 is 14.6 Å². The van der Waals surface area contributed by atoms with Crippen LogP contribution < -0.4 is 14.8 Å². The van der Waals surface area contributed by atoms with Gasteiger partial charge in [-0.3, -0.25) is 0 Å². The Morgan fingerprint density at radius 2 is 2.05 bits per heavy atom. The number of likely N-dealkylation sites (N-methyl/N-ethyl adjacent to an activating group) is 1. The average Bonchev–Trinajstić information content (AvgIpc) is 2.82. The summed E-state index contributed by atoms with van der Waals surface area (Å²) in [5, 5.41) is 13.5. The number of nitrogens with one attached hydrogen (secondary N) is 1. The van der Waals surface area contributed by atoms with E-state index >= 15 is 0 Å². The first-order valence-corrected chi connectivity index (χ1v) is 6.52. The van der Waals surface area contributed by atoms with Gasteiger partial charge in [-0.15, -0.1) is 0 Å². The van der Waals surface area contributed by atoms with E-state index in [0.717, 1.165) is 17.9 Å². The second-order valence-electron chi connectivity index (χ2n) is 5.20. The van der Waals surface area contributed by atoms with Gasteiger partial charge in [0.25, 0.3) is 0 Å². The van der Waals surface area contributed by atoms with E-state index in [4.69, 9.17) is 9.47 Å². The van der Waals surface area contributed by atoms with Gasteiger partial charge in [-0.05, 0) is 38.7 Å². The number of hydrogen-bond donors (Lipinski definition) is 2. The quantitative estimate of drug-likeness (QED) is 0.804. The fourth-order valence-corrected chi connectivity index (χ4v) is 2.16. The molecule has 0 amide bonds. The molecule has 5 nitrogen and oxygen atoms in total. The molecule has 2 N–H and O–H groups in total. The molecular weight excluding hydrogens is 244 g/mol. The van der Waals surface area contributed by atoms with E-state index in [1.807, 2.05) is 32.3 Å². The molecule has 0 saturated carbocycles. The SMILES string of the molecule is CC(CN(C)C)NCC(O)c1ccc2c(c1)OCO2. The zero-order valence-corrected chi connectivity index (χ0v) is 11.7. The summed E-state index contributed by atoms with van der Waals surface area (Å²) in [5.74, 6) is 1.45. The van der Waals surface area contributed by atoms with Crippen molar-refractivity contribution in [3.63, 3.8) is 0 Å². The maximum atomic E-state index is 10.2. The number of aliphatic hydroxyl groups is 1. The van der Waals surface area contributed by atoms with Gasteiger partial charge in [0.15, 0.2) is 11.5 Å². The second kappa shape index (κ2) is 6.23. The highest BCUT2D eigenvalue weighted by molar-refractivity contribution is 5.45. The van der Waals surface area contributed by atoms with E-state index in [0.29, 0.717) is 18.3 Å². The first kappa shape index (κ1) is 14.1. The number of ether oxygens (including phenoxy) is 2. The number of nitrogens with zero attached hydrogens (tertiary/aromatic N) is 1. The largest absolute Gasteiger partial charge is 0.454 e. The van der Waals surface area contributed by atoms with Crippen molar-refractivity contribution in [2.24, 2.45) is 0 Å². The summed E-state index contributed by atoms with van der Waals surface area (Å²) in [6.45, 7) is 3.82. The summed E-state index contributed by atoms with van der Waals surface area (Å²) in [7, 11) is 4.07. The van der Waals surface area contributed by atoms with Crippen molar-refractivity contribution >= 4 is 0 Å². The zero-order valence-electron chi connectivity index (χ0n) is 11.7. The molecule has 5 heteroatoms. The number of fused-ring (bicyclic) bond motifs is 1. The van der Waals surface area contributed by atoms with Gasteiger partial charge in [-0.1, -0.05) is 6.07 Å². The molecule has 0 aliphatic carbocycles. The van der Waals surface area contributed by atoms with Crippen molar-refractivity contribution in [2.75, 3.05) is 34.0 Å². The molecule has 106 valence electrons. The monoisotopic (exact) mass is 266 g/mol. The average molecular weight is 266 g/mol. The predicted molar refractivity (Wildman–Crippen MR) is 73.5 cm³/mol. The predicted octanol–water partition coefficient (Wildman–Crippen LogP) is 0.988. The Morgan fingerprint density at radius 3 is 2.79 bits per heavy atom. The lowest BCUT2D eigenvalue weighted by Gasteiger charge is -2.20. The van der Waals surface area contributed by atoms with Gasteiger partial charge in [0.2, 0.25) is 6.79 Å². The van der Waals surface area contributed by atoms with E-state index in [1.54, 1.807) is 0 Å². The maximum absolute atomic E-state index is 10.2. The Bertz CT molecular complexity index is 423. The van der Waals surface area contributed by atoms with Crippen LogP contribution in [0.3, 0.4) is 0 Å². The summed E-state index contributed by atoms with van der Waals surface area (Å²) < 4.78 is 10.6. The Kier molecular flexibility index (Phi) is 4.63. The molecule has 19 heavy (non-hydrogen) atoms. The Morgan fingerprint density at radius 1 is 1.32 bits per heavy atom. The van der Waals surface area contributed by atoms with Crippen molar-refractivity contribution in [1.29, 1.82) is 0 Å². The minimum Gasteiger partial charge on any atom is -0.454 e. The Hall–Kier alpha value is -1.30. The van der Waals surface area contributed by atoms with Crippen molar-refractivity contribution in [2.45, 2.75) is 19.1 Å². The van der Waals surface area contributed by atoms with Crippen LogP contribution in [0.15, 0.2) is 18.2 Å². The molecule has 2 unspecified atom stereocenters. The zero-order chi connectivity index (χ0) is 13.8. The molecule has 1 heterocycles. The third-order valence-electron chi connectivity index (χ3n) is 3.08. The van der Waals surface area contributed by atoms with Crippen LogP contribution in [0.5, 0.6) is 11.5 Å². The van der Waals surface area contributed by atoms with Crippen molar-refractivity contribution in [1.82, 2.24) is 10.2 Å². The highest BCUT2D eigenvalue weighted by Crippen LogP contribution is 2.34. The van der Waals surface area contributed by atoms with Gasteiger partial charge < -0.3 is 24.8 Å². The van der Waals surface area contributed by atoms with Gasteiger partial charge in [-0.2, -0.15) is 0 Å². The van der Waals surface area contributed by atoms with Crippen LogP contribution in [0.4, 0.5) is 0 Å². The van der Waals surface area contributed by atoms with Gasteiger partial charge in [-0.25, -0.2) is 0 Å². The molecule has 0 fully saturated rings. The molecule has 1 aliphatic rings. The smallest absolute Gasteiger partial charge is 0.231 e. The minimum atomic E-state index is -0.542. The van der Waals surface area contributed by atoms with Crippen LogP contribution in [-0.4, -0.2) is 50.0 Å². The topological polar surface area (TPSA) is 54.0 Å². The molecule has 1 aliphatic heterocycles. The maximum Gasteiger partial charge on any atom is 0.231 e. The van der Waals surface area contributed by atoms with E-state index in [9.17, 15) is 5.11 Å². The Labute approximate surface area is 114 Å². The van der Waals surface area contributed by atoms with Gasteiger partial charge in [0, 0.05) is 19.1 Å². The van der Waals surface area contributed by atoms with E-state index in [1.165, 1.54) is 0 Å². The van der Waals surface area contributed by atoms with Crippen LogP contribution in [0, 0.1) is 0 Å². The number of benzene rings is 1. The van der Waals surface area contributed by atoms with E-state index < -0.39 is 6.10 Å². The molecule has 2 atom stereocenters. The lowest BCUT2D eigenvalue weighted by atomic mass is 10.1. The third-order valence-corrected chi connectivity index (χ3v) is 3.08. The van der Waals surface area contributed by atoms with E-state index in [2.05, 4.69) is 17.1 Å². The van der Waals surface area contributed by atoms with Crippen LogP contribution in [0.25, 0.3) is 0 Å².